The van der Waals surface area contributed by atoms with Crippen molar-refractivity contribution in [2.75, 3.05) is 68.4 Å². The van der Waals surface area contributed by atoms with Crippen molar-refractivity contribution in [1.82, 2.24) is 34.4 Å². The van der Waals surface area contributed by atoms with Gasteiger partial charge in [-0.2, -0.15) is 0 Å². The Labute approximate surface area is 191 Å². The summed E-state index contributed by atoms with van der Waals surface area (Å²) >= 11 is 0. The molecule has 5 heterocycles. The highest BCUT2D eigenvalue weighted by Gasteiger charge is 2.39. The first-order valence-corrected chi connectivity index (χ1v) is 11.3. The third-order valence-corrected chi connectivity index (χ3v) is 6.43. The fourth-order valence-electron chi connectivity index (χ4n) is 4.73. The first kappa shape index (κ1) is 21.7. The minimum atomic E-state index is -0.940. The quantitative estimate of drug-likeness (QED) is 0.468. The molecular formula is C21H30N10O2. The van der Waals surface area contributed by atoms with Gasteiger partial charge < -0.3 is 30.4 Å². The maximum absolute atomic E-state index is 11.3. The van der Waals surface area contributed by atoms with Crippen molar-refractivity contribution in [3.8, 4) is 0 Å². The van der Waals surface area contributed by atoms with E-state index in [9.17, 15) is 5.11 Å². The number of hydrogen-bond acceptors (Lipinski definition) is 11. The molecule has 2 atom stereocenters. The zero-order valence-electron chi connectivity index (χ0n) is 18.8. The van der Waals surface area contributed by atoms with Crippen LogP contribution >= 0.6 is 0 Å². The number of piperidine rings is 1. The second-order valence-corrected chi connectivity index (χ2v) is 8.81. The normalized spacial score (nSPS) is 24.3. The number of morpholine rings is 1. The molecule has 0 bridgehead atoms. The van der Waals surface area contributed by atoms with Crippen LogP contribution in [0.2, 0.25) is 0 Å². The van der Waals surface area contributed by atoms with Gasteiger partial charge in [0.1, 0.15) is 29.8 Å². The molecule has 12 nitrogen and oxygen atoms in total. The molecule has 2 aliphatic heterocycles. The topological polar surface area (TPSA) is 143 Å². The number of rotatable bonds is 6. The van der Waals surface area contributed by atoms with E-state index in [1.165, 1.54) is 6.33 Å². The Morgan fingerprint density at radius 2 is 1.97 bits per heavy atom. The largest absolute Gasteiger partial charge is 0.387 e. The monoisotopic (exact) mass is 454 g/mol. The predicted octanol–water partition coefficient (Wildman–Crippen LogP) is 0.145. The summed E-state index contributed by atoms with van der Waals surface area (Å²) in [6, 6.07) is 1.84. The number of imidazole rings is 1. The van der Waals surface area contributed by atoms with E-state index in [-0.39, 0.29) is 6.04 Å². The van der Waals surface area contributed by atoms with Crippen LogP contribution in [0.1, 0.15) is 19.4 Å². The lowest BCUT2D eigenvalue weighted by molar-refractivity contribution is -0.0544. The molecule has 3 aromatic heterocycles. The Bertz CT molecular complexity index is 1100. The molecule has 0 unspecified atom stereocenters. The average Bonchev–Trinajstić information content (AvgIpc) is 3.24. The maximum Gasteiger partial charge on any atom is 0.165 e. The molecule has 0 spiro atoms. The van der Waals surface area contributed by atoms with E-state index in [0.29, 0.717) is 23.5 Å². The van der Waals surface area contributed by atoms with Gasteiger partial charge in [-0.3, -0.25) is 4.90 Å². The molecule has 33 heavy (non-hydrogen) atoms. The number of likely N-dealkylation sites (tertiary alicyclic amines) is 1. The Balaban J connectivity index is 1.18. The van der Waals surface area contributed by atoms with Crippen molar-refractivity contribution < 1.29 is 9.84 Å². The number of aromatic nitrogens is 6. The summed E-state index contributed by atoms with van der Waals surface area (Å²) < 4.78 is 7.34. The van der Waals surface area contributed by atoms with E-state index in [2.05, 4.69) is 40.0 Å². The van der Waals surface area contributed by atoms with Gasteiger partial charge in [0.25, 0.3) is 0 Å². The van der Waals surface area contributed by atoms with Crippen LogP contribution in [0.15, 0.2) is 25.0 Å². The molecule has 0 radical (unpaired) electrons. The van der Waals surface area contributed by atoms with Gasteiger partial charge in [0.2, 0.25) is 0 Å². The number of nitrogens with zero attached hydrogens (tertiary/aromatic N) is 8. The lowest BCUT2D eigenvalue weighted by atomic mass is 9.89. The summed E-state index contributed by atoms with van der Waals surface area (Å²) in [5.74, 6) is 2.07. The zero-order valence-corrected chi connectivity index (χ0v) is 18.8. The molecule has 0 amide bonds. The highest BCUT2D eigenvalue weighted by Crippen LogP contribution is 2.34. The van der Waals surface area contributed by atoms with Crippen molar-refractivity contribution in [1.29, 1.82) is 0 Å². The maximum atomic E-state index is 11.3. The van der Waals surface area contributed by atoms with Gasteiger partial charge in [0, 0.05) is 45.3 Å². The number of nitrogens with one attached hydrogen (secondary N) is 1. The zero-order chi connectivity index (χ0) is 22.8. The Morgan fingerprint density at radius 3 is 2.79 bits per heavy atom. The molecule has 2 saturated heterocycles. The smallest absolute Gasteiger partial charge is 0.165 e. The highest BCUT2D eigenvalue weighted by atomic mass is 16.5. The van der Waals surface area contributed by atoms with Crippen LogP contribution in [-0.4, -0.2) is 97.6 Å². The van der Waals surface area contributed by atoms with E-state index >= 15 is 0 Å². The number of fused-ring (bicyclic) bond motifs is 1. The number of nitrogen functional groups attached to an aromatic ring is 1. The molecule has 3 aromatic rings. The average molecular weight is 455 g/mol. The minimum Gasteiger partial charge on any atom is -0.387 e. The van der Waals surface area contributed by atoms with Gasteiger partial charge in [-0.15, -0.1) is 0 Å². The first-order chi connectivity index (χ1) is 16.0. The number of hydrogen-bond donors (Lipinski definition) is 3. The van der Waals surface area contributed by atoms with Crippen LogP contribution in [0.5, 0.6) is 0 Å². The summed E-state index contributed by atoms with van der Waals surface area (Å²) in [4.78, 5) is 25.9. The number of aliphatic hydroxyl groups is 1. The summed E-state index contributed by atoms with van der Waals surface area (Å²) in [5.41, 5.74) is 6.21. The Morgan fingerprint density at radius 1 is 1.15 bits per heavy atom. The Hall–Kier alpha value is -3.09. The van der Waals surface area contributed by atoms with Crippen molar-refractivity contribution in [3.05, 3.63) is 25.0 Å². The molecule has 4 N–H and O–H groups in total. The minimum absolute atomic E-state index is 0.140. The van der Waals surface area contributed by atoms with Crippen molar-refractivity contribution in [3.63, 3.8) is 0 Å². The van der Waals surface area contributed by atoms with Crippen molar-refractivity contribution in [2.24, 2.45) is 0 Å². The first-order valence-electron chi connectivity index (χ1n) is 11.3. The van der Waals surface area contributed by atoms with E-state index < -0.39 is 5.60 Å². The third-order valence-electron chi connectivity index (χ3n) is 6.43. The standard InChI is InChI=1S/C21H30N10O2/c1-21(32)11-29(4-2-15(21)31-14-28-18-19(22)26-13-27-20(18)31)5-3-23-16-10-17(25-12-24-16)30-6-8-33-9-7-30/h10,12-15,32H,2-9,11H2,1H3,(H2,22,26,27)(H,23,24,25)/t15-,21-/m0/s1. The molecule has 0 saturated carbocycles. The predicted molar refractivity (Wildman–Crippen MR) is 124 cm³/mol. The lowest BCUT2D eigenvalue weighted by Crippen LogP contribution is -2.53. The van der Waals surface area contributed by atoms with Gasteiger partial charge >= 0.3 is 0 Å². The van der Waals surface area contributed by atoms with Gasteiger partial charge in [-0.05, 0) is 13.3 Å². The van der Waals surface area contributed by atoms with Gasteiger partial charge in [0.15, 0.2) is 11.5 Å². The SMILES string of the molecule is C[C@]1(O)CN(CCNc2cc(N3CCOCC3)ncn2)CC[C@@H]1n1cnc2c(N)ncnc21. The molecule has 0 aliphatic carbocycles. The van der Waals surface area contributed by atoms with Gasteiger partial charge in [-0.1, -0.05) is 0 Å². The van der Waals surface area contributed by atoms with Crippen LogP contribution in [0.4, 0.5) is 17.5 Å². The molecule has 2 fully saturated rings. The summed E-state index contributed by atoms with van der Waals surface area (Å²) in [5, 5.41) is 14.7. The fraction of sp³-hybridized carbons (Fsp3) is 0.571. The molecule has 12 heteroatoms. The lowest BCUT2D eigenvalue weighted by Gasteiger charge is -2.43. The summed E-state index contributed by atoms with van der Waals surface area (Å²) in [6.45, 7) is 7.89. The van der Waals surface area contributed by atoms with Gasteiger partial charge in [-0.25, -0.2) is 24.9 Å². The highest BCUT2D eigenvalue weighted by molar-refractivity contribution is 5.81. The number of β-amino-alcohol motifs (C(OH)–C–C–N with tert-alkyl or cyclic N) is 1. The van der Waals surface area contributed by atoms with E-state index in [0.717, 1.165) is 64.0 Å². The van der Waals surface area contributed by atoms with E-state index in [4.69, 9.17) is 10.5 Å². The second kappa shape index (κ2) is 9.04. The van der Waals surface area contributed by atoms with E-state index in [1.54, 1.807) is 12.7 Å². The van der Waals surface area contributed by atoms with Crippen LogP contribution in [0.25, 0.3) is 11.2 Å². The number of nitrogens with two attached hydrogens (primary N) is 1. The van der Waals surface area contributed by atoms with Gasteiger partial charge in [0.05, 0.1) is 31.2 Å². The van der Waals surface area contributed by atoms with Crippen LogP contribution < -0.4 is 16.0 Å². The van der Waals surface area contributed by atoms with E-state index in [1.807, 2.05) is 17.6 Å². The molecular weight excluding hydrogens is 424 g/mol. The van der Waals surface area contributed by atoms with Crippen molar-refractivity contribution in [2.45, 2.75) is 25.0 Å². The fourth-order valence-corrected chi connectivity index (χ4v) is 4.73. The number of ether oxygens (including phenoxy) is 1. The molecule has 5 rings (SSSR count). The Kier molecular flexibility index (Phi) is 5.96. The summed E-state index contributed by atoms with van der Waals surface area (Å²) in [7, 11) is 0. The third kappa shape index (κ3) is 4.54. The number of anilines is 3. The molecule has 176 valence electrons. The van der Waals surface area contributed by atoms with Crippen LogP contribution in [0, 0.1) is 0 Å². The van der Waals surface area contributed by atoms with Crippen LogP contribution in [0.3, 0.4) is 0 Å². The van der Waals surface area contributed by atoms with Crippen molar-refractivity contribution >= 4 is 28.6 Å². The molecule has 2 aliphatic rings. The van der Waals surface area contributed by atoms with Crippen LogP contribution in [-0.2, 0) is 4.74 Å². The second-order valence-electron chi connectivity index (χ2n) is 8.81. The molecule has 0 aromatic carbocycles. The summed E-state index contributed by atoms with van der Waals surface area (Å²) in [6.07, 6.45) is 5.50.